The van der Waals surface area contributed by atoms with Crippen molar-refractivity contribution >= 4 is 12.2 Å². The average Bonchev–Trinajstić information content (AvgIpc) is 2.55. The zero-order valence-electron chi connectivity index (χ0n) is 13.6. The van der Waals surface area contributed by atoms with Crippen LogP contribution in [0.4, 0.5) is 9.59 Å². The third-order valence-corrected chi connectivity index (χ3v) is 2.84. The van der Waals surface area contributed by atoms with Crippen LogP contribution in [0.3, 0.4) is 0 Å². The summed E-state index contributed by atoms with van der Waals surface area (Å²) in [5, 5.41) is 22.3. The first kappa shape index (κ1) is 21.4. The highest BCUT2D eigenvalue weighted by Crippen LogP contribution is 1.95. The molecule has 136 valence electrons. The van der Waals surface area contributed by atoms with Crippen LogP contribution in [0.25, 0.3) is 0 Å². The molecule has 0 saturated carbocycles. The maximum atomic E-state index is 11.4. The molecule has 0 aromatic rings. The van der Waals surface area contributed by atoms with Crippen LogP contribution >= 0.6 is 0 Å². The summed E-state index contributed by atoms with van der Waals surface area (Å²) in [5.41, 5.74) is 0. The molecule has 0 rings (SSSR count). The topological polar surface area (TPSA) is 126 Å². The molecule has 0 aromatic heterocycles. The molecule has 0 radical (unpaired) electrons. The Hall–Kier alpha value is -1.58. The van der Waals surface area contributed by atoms with Gasteiger partial charge in [0.25, 0.3) is 0 Å². The van der Waals surface area contributed by atoms with Crippen LogP contribution in [-0.4, -0.2) is 75.1 Å². The zero-order chi connectivity index (χ0) is 17.3. The van der Waals surface area contributed by atoms with E-state index in [9.17, 15) is 9.59 Å². The predicted octanol–water partition coefficient (Wildman–Crippen LogP) is -0.00120. The number of rotatable bonds is 13. The van der Waals surface area contributed by atoms with Gasteiger partial charge >= 0.3 is 12.2 Å². The number of nitrogens with one attached hydrogen (secondary N) is 2. The van der Waals surface area contributed by atoms with Crippen LogP contribution in [0.15, 0.2) is 0 Å². The van der Waals surface area contributed by atoms with Gasteiger partial charge in [-0.1, -0.05) is 0 Å². The van der Waals surface area contributed by atoms with E-state index in [1.54, 1.807) is 0 Å². The second-order valence-corrected chi connectivity index (χ2v) is 4.77. The minimum Gasteiger partial charge on any atom is -0.447 e. The number of hydrogen-bond acceptors (Lipinski definition) is 7. The largest absolute Gasteiger partial charge is 0.447 e. The van der Waals surface area contributed by atoms with Crippen molar-refractivity contribution in [3.63, 3.8) is 0 Å². The summed E-state index contributed by atoms with van der Waals surface area (Å²) in [4.78, 5) is 22.8. The van der Waals surface area contributed by atoms with Gasteiger partial charge in [0.15, 0.2) is 0 Å². The van der Waals surface area contributed by atoms with Crippen LogP contribution in [0.1, 0.15) is 25.7 Å². The van der Waals surface area contributed by atoms with Crippen LogP contribution in [-0.2, 0) is 14.2 Å². The smallest absolute Gasteiger partial charge is 0.407 e. The summed E-state index contributed by atoms with van der Waals surface area (Å²) in [6, 6.07) is 0. The van der Waals surface area contributed by atoms with Crippen molar-refractivity contribution in [2.45, 2.75) is 31.8 Å². The summed E-state index contributed by atoms with van der Waals surface area (Å²) >= 11 is 0. The Bertz CT molecular complexity index is 288. The van der Waals surface area contributed by atoms with Gasteiger partial charge in [0.1, 0.15) is 19.3 Å². The number of carbonyl (C=O) groups excluding carboxylic acids is 2. The van der Waals surface area contributed by atoms with Crippen molar-refractivity contribution in [1.82, 2.24) is 10.6 Å². The highest BCUT2D eigenvalue weighted by atomic mass is 16.6. The second-order valence-electron chi connectivity index (χ2n) is 4.77. The summed E-state index contributed by atoms with van der Waals surface area (Å²) in [5.74, 6) is 0. The average molecular weight is 336 g/mol. The zero-order valence-corrected chi connectivity index (χ0v) is 13.6. The highest BCUT2D eigenvalue weighted by molar-refractivity contribution is 5.67. The first-order valence-corrected chi connectivity index (χ1v) is 7.69. The lowest BCUT2D eigenvalue weighted by Crippen LogP contribution is -2.34. The van der Waals surface area contributed by atoms with Crippen LogP contribution in [0.5, 0.6) is 0 Å². The molecule has 0 unspecified atom stereocenters. The highest BCUT2D eigenvalue weighted by Gasteiger charge is 2.13. The molecule has 4 N–H and O–H groups in total. The maximum Gasteiger partial charge on any atom is 0.407 e. The van der Waals surface area contributed by atoms with Gasteiger partial charge in [-0.25, -0.2) is 9.59 Å². The molecule has 0 saturated heterocycles. The van der Waals surface area contributed by atoms with Crippen molar-refractivity contribution in [1.29, 1.82) is 0 Å². The van der Waals surface area contributed by atoms with Gasteiger partial charge in [-0.3, -0.25) is 0 Å². The quantitative estimate of drug-likeness (QED) is 0.349. The van der Waals surface area contributed by atoms with Gasteiger partial charge in [-0.05, 0) is 25.7 Å². The number of aliphatic hydroxyl groups excluding tert-OH is 2. The number of alkyl carbamates (subject to hydrolysis) is 2. The molecule has 0 aliphatic rings. The summed E-state index contributed by atoms with van der Waals surface area (Å²) in [6.07, 6.45) is 0.834. The van der Waals surface area contributed by atoms with Crippen molar-refractivity contribution in [3.05, 3.63) is 0 Å². The van der Waals surface area contributed by atoms with E-state index in [1.807, 2.05) is 0 Å². The lowest BCUT2D eigenvalue weighted by atomic mass is 10.3. The fourth-order valence-electron chi connectivity index (χ4n) is 1.48. The lowest BCUT2D eigenvalue weighted by molar-refractivity contribution is -0.00448. The number of ether oxygens (including phenoxy) is 3. The second kappa shape index (κ2) is 15.3. The molecule has 9 nitrogen and oxygen atoms in total. The van der Waals surface area contributed by atoms with Crippen molar-refractivity contribution < 1.29 is 34.0 Å². The van der Waals surface area contributed by atoms with E-state index >= 15 is 0 Å². The number of methoxy groups -OCH3 is 1. The van der Waals surface area contributed by atoms with Gasteiger partial charge in [0, 0.05) is 33.4 Å². The van der Waals surface area contributed by atoms with Crippen LogP contribution < -0.4 is 10.6 Å². The van der Waals surface area contributed by atoms with E-state index in [2.05, 4.69) is 10.6 Å². The number of carbonyl (C=O) groups is 2. The van der Waals surface area contributed by atoms with E-state index in [-0.39, 0.29) is 26.4 Å². The third-order valence-electron chi connectivity index (χ3n) is 2.84. The predicted molar refractivity (Wildman–Crippen MR) is 82.1 cm³/mol. The number of aliphatic hydroxyl groups is 2. The molecule has 2 amide bonds. The minimum atomic E-state index is -0.585. The molecule has 23 heavy (non-hydrogen) atoms. The van der Waals surface area contributed by atoms with Crippen molar-refractivity contribution in [2.75, 3.05) is 46.6 Å². The fourth-order valence-corrected chi connectivity index (χ4v) is 1.48. The number of hydrogen-bond donors (Lipinski definition) is 4. The summed E-state index contributed by atoms with van der Waals surface area (Å²) in [6.45, 7) is 0.928. The molecule has 0 aliphatic carbocycles. The Kier molecular flexibility index (Phi) is 14.3. The van der Waals surface area contributed by atoms with Crippen molar-refractivity contribution in [3.8, 4) is 0 Å². The van der Waals surface area contributed by atoms with Gasteiger partial charge in [-0.2, -0.15) is 0 Å². The molecule has 0 heterocycles. The normalized spacial score (nSPS) is 10.4. The van der Waals surface area contributed by atoms with Crippen LogP contribution in [0, 0.1) is 0 Å². The van der Waals surface area contributed by atoms with Gasteiger partial charge in [-0.15, -0.1) is 0 Å². The third kappa shape index (κ3) is 13.8. The summed E-state index contributed by atoms with van der Waals surface area (Å²) in [7, 11) is 1.43. The molecule has 0 atom stereocenters. The Morgan fingerprint density at radius 3 is 1.65 bits per heavy atom. The van der Waals surface area contributed by atoms with Gasteiger partial charge in [0.05, 0.1) is 0 Å². The molecule has 0 fully saturated rings. The molecule has 0 aliphatic heterocycles. The minimum absolute atomic E-state index is 0.0415. The van der Waals surface area contributed by atoms with Crippen molar-refractivity contribution in [2.24, 2.45) is 0 Å². The van der Waals surface area contributed by atoms with E-state index in [4.69, 9.17) is 24.4 Å². The van der Waals surface area contributed by atoms with E-state index < -0.39 is 18.3 Å². The Labute approximate surface area is 136 Å². The Morgan fingerprint density at radius 2 is 1.30 bits per heavy atom. The van der Waals surface area contributed by atoms with E-state index in [0.29, 0.717) is 38.8 Å². The standard InChI is InChI=1S/C14H28N2O7/c1-21-12(10-22-13(19)15-6-2-4-8-17)11-23-14(20)16-7-3-5-9-18/h12,17-18H,2-11H2,1H3,(H,15,19)(H,16,20). The molecule has 0 bridgehead atoms. The molecule has 0 aromatic carbocycles. The van der Waals surface area contributed by atoms with Gasteiger partial charge in [0.2, 0.25) is 0 Å². The first-order valence-electron chi connectivity index (χ1n) is 7.69. The lowest BCUT2D eigenvalue weighted by Gasteiger charge is -2.16. The molecule has 0 spiro atoms. The molecular weight excluding hydrogens is 308 g/mol. The number of amides is 2. The fraction of sp³-hybridized carbons (Fsp3) is 0.857. The van der Waals surface area contributed by atoms with Crippen LogP contribution in [0.2, 0.25) is 0 Å². The SMILES string of the molecule is COC(COC(=O)NCCCCO)COC(=O)NCCCCO. The Balaban J connectivity index is 3.72. The summed E-state index contributed by atoms with van der Waals surface area (Å²) < 4.78 is 14.9. The van der Waals surface area contributed by atoms with E-state index in [1.165, 1.54) is 7.11 Å². The Morgan fingerprint density at radius 1 is 0.870 bits per heavy atom. The first-order chi connectivity index (χ1) is 11.1. The number of unbranched alkanes of at least 4 members (excludes halogenated alkanes) is 2. The van der Waals surface area contributed by atoms with Gasteiger partial charge < -0.3 is 35.1 Å². The molecular formula is C14H28N2O7. The van der Waals surface area contributed by atoms with E-state index in [0.717, 1.165) is 0 Å². The maximum absolute atomic E-state index is 11.4. The monoisotopic (exact) mass is 336 g/mol. The molecule has 9 heteroatoms.